The van der Waals surface area contributed by atoms with Gasteiger partial charge in [0.1, 0.15) is 0 Å². The van der Waals surface area contributed by atoms with Crippen LogP contribution >= 0.6 is 0 Å². The largest absolute Gasteiger partial charge is 0.397 e. The summed E-state index contributed by atoms with van der Waals surface area (Å²) >= 11 is 0. The highest BCUT2D eigenvalue weighted by Gasteiger charge is 2.16. The first-order valence-electron chi connectivity index (χ1n) is 8.26. The Hall–Kier alpha value is -2.74. The number of hydrogen-bond acceptors (Lipinski definition) is 2. The molecule has 0 heterocycles. The van der Waals surface area contributed by atoms with Crippen molar-refractivity contribution in [1.29, 1.82) is 0 Å². The van der Waals surface area contributed by atoms with Gasteiger partial charge >= 0.3 is 0 Å². The summed E-state index contributed by atoms with van der Waals surface area (Å²) in [6.07, 6.45) is 0. The molecule has 0 aliphatic carbocycles. The van der Waals surface area contributed by atoms with E-state index in [1.807, 2.05) is 30.3 Å². The normalized spacial score (nSPS) is 11.3. The molecule has 0 spiro atoms. The molecule has 0 bridgehead atoms. The third-order valence-electron chi connectivity index (χ3n) is 4.20. The Morgan fingerprint density at radius 1 is 0.750 bits per heavy atom. The molecule has 0 radical (unpaired) electrons. The predicted octanol–water partition coefficient (Wildman–Crippen LogP) is 5.98. The third-order valence-corrected chi connectivity index (χ3v) is 4.20. The summed E-state index contributed by atoms with van der Waals surface area (Å²) in [5.41, 5.74) is 12.6. The number of rotatable bonds is 3. The third kappa shape index (κ3) is 3.43. The average Bonchev–Trinajstić information content (AvgIpc) is 2.57. The molecule has 3 N–H and O–H groups in total. The lowest BCUT2D eigenvalue weighted by Crippen LogP contribution is -2.11. The van der Waals surface area contributed by atoms with Crippen molar-refractivity contribution in [3.63, 3.8) is 0 Å². The molecule has 0 aliphatic rings. The van der Waals surface area contributed by atoms with Crippen LogP contribution < -0.4 is 11.1 Å². The minimum atomic E-state index is 0.105. The zero-order chi connectivity index (χ0) is 17.2. The number of nitrogen functional groups attached to an aromatic ring is 1. The monoisotopic (exact) mass is 316 g/mol. The van der Waals surface area contributed by atoms with Crippen molar-refractivity contribution in [2.24, 2.45) is 0 Å². The maximum atomic E-state index is 6.09. The summed E-state index contributed by atoms with van der Waals surface area (Å²) in [6.45, 7) is 6.71. The minimum absolute atomic E-state index is 0.105. The van der Waals surface area contributed by atoms with Gasteiger partial charge in [-0.15, -0.1) is 0 Å². The van der Waals surface area contributed by atoms with Gasteiger partial charge in [0.15, 0.2) is 0 Å². The molecule has 0 amide bonds. The lowest BCUT2D eigenvalue weighted by atomic mass is 9.85. The van der Waals surface area contributed by atoms with Gasteiger partial charge in [0.05, 0.1) is 11.4 Å². The quantitative estimate of drug-likeness (QED) is 0.584. The molecule has 2 nitrogen and oxygen atoms in total. The molecular formula is C22H24N2. The van der Waals surface area contributed by atoms with Crippen LogP contribution in [0.5, 0.6) is 0 Å². The zero-order valence-corrected chi connectivity index (χ0v) is 14.5. The topological polar surface area (TPSA) is 38.0 Å². The Balaban J connectivity index is 2.10. The second-order valence-electron chi connectivity index (χ2n) is 7.09. The van der Waals surface area contributed by atoms with Gasteiger partial charge in [-0.2, -0.15) is 0 Å². The van der Waals surface area contributed by atoms with E-state index < -0.39 is 0 Å². The number of anilines is 3. The van der Waals surface area contributed by atoms with E-state index in [0.29, 0.717) is 0 Å². The van der Waals surface area contributed by atoms with Gasteiger partial charge in [-0.05, 0) is 40.8 Å². The van der Waals surface area contributed by atoms with Gasteiger partial charge in [-0.25, -0.2) is 0 Å². The molecule has 122 valence electrons. The highest BCUT2D eigenvalue weighted by Crippen LogP contribution is 2.35. The predicted molar refractivity (Wildman–Crippen MR) is 105 cm³/mol. The lowest BCUT2D eigenvalue weighted by Gasteiger charge is -2.22. The Morgan fingerprint density at radius 2 is 1.42 bits per heavy atom. The van der Waals surface area contributed by atoms with Gasteiger partial charge in [0.25, 0.3) is 0 Å². The first-order chi connectivity index (χ1) is 11.4. The fraction of sp³-hybridized carbons (Fsp3) is 0.182. The summed E-state index contributed by atoms with van der Waals surface area (Å²) in [5, 5.41) is 3.49. The van der Waals surface area contributed by atoms with Crippen LogP contribution in [-0.2, 0) is 5.41 Å². The number of nitrogens with two attached hydrogens (primary N) is 1. The second-order valence-corrected chi connectivity index (χ2v) is 7.09. The van der Waals surface area contributed by atoms with Crippen LogP contribution in [0.15, 0.2) is 72.8 Å². The van der Waals surface area contributed by atoms with Crippen molar-refractivity contribution in [1.82, 2.24) is 0 Å². The van der Waals surface area contributed by atoms with Crippen LogP contribution in [0.4, 0.5) is 17.1 Å². The van der Waals surface area contributed by atoms with E-state index in [9.17, 15) is 0 Å². The fourth-order valence-electron chi connectivity index (χ4n) is 2.73. The van der Waals surface area contributed by atoms with Crippen molar-refractivity contribution in [3.05, 3.63) is 78.4 Å². The van der Waals surface area contributed by atoms with Gasteiger partial charge in [0.2, 0.25) is 0 Å². The average molecular weight is 316 g/mol. The second kappa shape index (κ2) is 6.40. The molecule has 0 saturated carbocycles. The van der Waals surface area contributed by atoms with Crippen LogP contribution in [-0.4, -0.2) is 0 Å². The molecule has 0 saturated heterocycles. The van der Waals surface area contributed by atoms with Crippen LogP contribution in [0.25, 0.3) is 11.1 Å². The smallest absolute Gasteiger partial charge is 0.0618 e. The summed E-state index contributed by atoms with van der Waals surface area (Å²) in [6, 6.07) is 24.9. The highest BCUT2D eigenvalue weighted by molar-refractivity contribution is 5.84. The van der Waals surface area contributed by atoms with Crippen LogP contribution in [0.2, 0.25) is 0 Å². The Kier molecular flexibility index (Phi) is 4.30. The van der Waals surface area contributed by atoms with Crippen LogP contribution in [0.1, 0.15) is 26.3 Å². The molecule has 0 atom stereocenters. The molecule has 3 aromatic carbocycles. The van der Waals surface area contributed by atoms with Gasteiger partial charge < -0.3 is 11.1 Å². The number of benzene rings is 3. The summed E-state index contributed by atoms with van der Waals surface area (Å²) < 4.78 is 0. The standard InChI is InChI=1S/C22H24N2/c1-22(2,3)17-13-14-20(24-21-12-8-7-11-19(21)23)18(15-17)16-9-5-4-6-10-16/h4-15,24H,23H2,1-3H3. The molecule has 3 rings (SSSR count). The van der Waals surface area contributed by atoms with Crippen molar-refractivity contribution in [2.75, 3.05) is 11.1 Å². The summed E-state index contributed by atoms with van der Waals surface area (Å²) in [4.78, 5) is 0. The Labute approximate surface area is 144 Å². The van der Waals surface area contributed by atoms with Gasteiger partial charge in [0, 0.05) is 11.3 Å². The molecule has 0 aliphatic heterocycles. The van der Waals surface area contributed by atoms with Crippen molar-refractivity contribution in [3.8, 4) is 11.1 Å². The Bertz CT molecular complexity index is 830. The lowest BCUT2D eigenvalue weighted by molar-refractivity contribution is 0.590. The van der Waals surface area contributed by atoms with E-state index in [2.05, 4.69) is 68.6 Å². The van der Waals surface area contributed by atoms with E-state index in [0.717, 1.165) is 17.1 Å². The number of hydrogen-bond donors (Lipinski definition) is 2. The molecule has 0 unspecified atom stereocenters. The summed E-state index contributed by atoms with van der Waals surface area (Å²) in [5.74, 6) is 0. The maximum Gasteiger partial charge on any atom is 0.0618 e. The molecule has 0 fully saturated rings. The highest BCUT2D eigenvalue weighted by atomic mass is 14.9. The Morgan fingerprint density at radius 3 is 2.08 bits per heavy atom. The van der Waals surface area contributed by atoms with Crippen LogP contribution in [0.3, 0.4) is 0 Å². The molecule has 0 aromatic heterocycles. The molecule has 2 heteroatoms. The first-order valence-corrected chi connectivity index (χ1v) is 8.26. The van der Waals surface area contributed by atoms with E-state index in [-0.39, 0.29) is 5.41 Å². The van der Waals surface area contributed by atoms with E-state index in [4.69, 9.17) is 5.73 Å². The molecule has 24 heavy (non-hydrogen) atoms. The van der Waals surface area contributed by atoms with Gasteiger partial charge in [-0.3, -0.25) is 0 Å². The van der Waals surface area contributed by atoms with E-state index >= 15 is 0 Å². The molecular weight excluding hydrogens is 292 g/mol. The van der Waals surface area contributed by atoms with Gasteiger partial charge in [-0.1, -0.05) is 69.3 Å². The van der Waals surface area contributed by atoms with Crippen molar-refractivity contribution < 1.29 is 0 Å². The first kappa shape index (κ1) is 16.1. The zero-order valence-electron chi connectivity index (χ0n) is 14.5. The maximum absolute atomic E-state index is 6.09. The number of para-hydroxylation sites is 2. The van der Waals surface area contributed by atoms with Crippen molar-refractivity contribution >= 4 is 17.1 Å². The van der Waals surface area contributed by atoms with Crippen LogP contribution in [0, 0.1) is 0 Å². The van der Waals surface area contributed by atoms with E-state index in [1.54, 1.807) is 0 Å². The molecule has 3 aromatic rings. The number of nitrogens with one attached hydrogen (secondary N) is 1. The van der Waals surface area contributed by atoms with Crippen molar-refractivity contribution in [2.45, 2.75) is 26.2 Å². The fourth-order valence-corrected chi connectivity index (χ4v) is 2.73. The minimum Gasteiger partial charge on any atom is -0.397 e. The SMILES string of the molecule is CC(C)(C)c1ccc(Nc2ccccc2N)c(-c2ccccc2)c1. The summed E-state index contributed by atoms with van der Waals surface area (Å²) in [7, 11) is 0. The van der Waals surface area contributed by atoms with E-state index in [1.165, 1.54) is 16.7 Å².